The largest absolute Gasteiger partial charge is 0.486 e. The lowest BCUT2D eigenvalue weighted by Crippen LogP contribution is -2.39. The highest BCUT2D eigenvalue weighted by atomic mass is 32.2. The minimum absolute atomic E-state index is 0.208. The first-order chi connectivity index (χ1) is 13.4. The molecule has 7 heteroatoms. The van der Waals surface area contributed by atoms with Gasteiger partial charge in [-0.1, -0.05) is 18.2 Å². The second-order valence-electron chi connectivity index (χ2n) is 6.89. The van der Waals surface area contributed by atoms with Crippen molar-refractivity contribution in [2.45, 2.75) is 18.9 Å². The first-order valence-electron chi connectivity index (χ1n) is 8.86. The summed E-state index contributed by atoms with van der Waals surface area (Å²) in [5.74, 6) is -0.218. The lowest BCUT2D eigenvalue weighted by Gasteiger charge is -2.19. The van der Waals surface area contributed by atoms with E-state index in [1.54, 1.807) is 6.07 Å². The molecule has 0 fully saturated rings. The summed E-state index contributed by atoms with van der Waals surface area (Å²) in [6, 6.07) is 14.0. The average molecular weight is 398 g/mol. The molecule has 4 rings (SSSR count). The van der Waals surface area contributed by atoms with Gasteiger partial charge in [0.2, 0.25) is 0 Å². The third-order valence-electron chi connectivity index (χ3n) is 4.78. The Kier molecular flexibility index (Phi) is 4.85. The van der Waals surface area contributed by atoms with Gasteiger partial charge in [-0.2, -0.15) is 0 Å². The number of carbonyl (C=O) groups is 1. The number of hydrogen-bond donors (Lipinski definition) is 2. The van der Waals surface area contributed by atoms with Gasteiger partial charge in [0.05, 0.1) is 0 Å². The van der Waals surface area contributed by atoms with Crippen LogP contribution in [0.25, 0.3) is 10.9 Å². The fraction of sp³-hybridized carbons (Fsp3) is 0.238. The number of nitrogens with one attached hydrogen (secondary N) is 1. The van der Waals surface area contributed by atoms with E-state index in [1.165, 1.54) is 23.9 Å². The number of rotatable bonds is 6. The van der Waals surface area contributed by atoms with Gasteiger partial charge in [-0.15, -0.1) is 11.8 Å². The number of nitrogens with zero attached hydrogens (tertiary/aromatic N) is 1. The molecule has 2 aromatic carbocycles. The zero-order valence-corrected chi connectivity index (χ0v) is 16.1. The minimum Gasteiger partial charge on any atom is -0.486 e. The van der Waals surface area contributed by atoms with Crippen molar-refractivity contribution in [2.24, 2.45) is 4.99 Å². The minimum atomic E-state index is -1.26. The van der Waals surface area contributed by atoms with Crippen LogP contribution in [0.15, 0.2) is 53.5 Å². The Labute approximate surface area is 165 Å². The number of ether oxygens (including phenoxy) is 1. The van der Waals surface area contributed by atoms with E-state index < -0.39 is 11.5 Å². The van der Waals surface area contributed by atoms with Crippen molar-refractivity contribution in [1.29, 1.82) is 0 Å². The second-order valence-corrected chi connectivity index (χ2v) is 7.94. The van der Waals surface area contributed by atoms with E-state index in [9.17, 15) is 14.3 Å². The number of carboxylic acids is 1. The van der Waals surface area contributed by atoms with Crippen molar-refractivity contribution >= 4 is 33.7 Å². The van der Waals surface area contributed by atoms with E-state index in [2.05, 4.69) is 9.98 Å². The second kappa shape index (κ2) is 7.31. The summed E-state index contributed by atoms with van der Waals surface area (Å²) in [6.45, 7) is 2.20. The molecule has 5 nitrogen and oxygen atoms in total. The van der Waals surface area contributed by atoms with Crippen molar-refractivity contribution in [2.75, 3.05) is 12.4 Å². The topological polar surface area (TPSA) is 74.7 Å². The predicted octanol–water partition coefficient (Wildman–Crippen LogP) is 4.21. The summed E-state index contributed by atoms with van der Waals surface area (Å²) >= 11 is 1.40. The number of aryl methyl sites for hydroxylation is 1. The molecule has 28 heavy (non-hydrogen) atoms. The molecule has 1 aromatic heterocycles. The maximum absolute atomic E-state index is 13.4. The van der Waals surface area contributed by atoms with Gasteiger partial charge in [0, 0.05) is 23.4 Å². The number of aromatic amines is 1. The number of aromatic nitrogens is 1. The van der Waals surface area contributed by atoms with E-state index in [1.807, 2.05) is 37.3 Å². The summed E-state index contributed by atoms with van der Waals surface area (Å²) in [7, 11) is 0. The first kappa shape index (κ1) is 18.6. The lowest BCUT2D eigenvalue weighted by molar-refractivity contribution is -0.142. The van der Waals surface area contributed by atoms with Gasteiger partial charge in [0.25, 0.3) is 0 Å². The van der Waals surface area contributed by atoms with E-state index in [4.69, 9.17) is 4.74 Å². The lowest BCUT2D eigenvalue weighted by atomic mass is 9.96. The number of benzene rings is 2. The normalized spacial score (nSPS) is 19.0. The Balaban J connectivity index is 1.54. The summed E-state index contributed by atoms with van der Waals surface area (Å²) < 4.78 is 19.2. The van der Waals surface area contributed by atoms with Gasteiger partial charge in [0.15, 0.2) is 5.54 Å². The van der Waals surface area contributed by atoms with Crippen molar-refractivity contribution < 1.29 is 19.0 Å². The molecule has 0 saturated heterocycles. The van der Waals surface area contributed by atoms with Crippen molar-refractivity contribution in [3.05, 3.63) is 65.6 Å². The quantitative estimate of drug-likeness (QED) is 0.652. The third-order valence-corrected chi connectivity index (χ3v) is 5.95. The van der Waals surface area contributed by atoms with Crippen LogP contribution in [0.1, 0.15) is 11.3 Å². The van der Waals surface area contributed by atoms with Crippen LogP contribution in [0.4, 0.5) is 4.39 Å². The Bertz CT molecular complexity index is 1080. The van der Waals surface area contributed by atoms with Crippen LogP contribution in [0, 0.1) is 12.7 Å². The van der Waals surface area contributed by atoms with Gasteiger partial charge in [-0.05, 0) is 48.2 Å². The van der Waals surface area contributed by atoms with Crippen molar-refractivity contribution in [3.63, 3.8) is 0 Å². The maximum atomic E-state index is 13.4. The molecule has 1 unspecified atom stereocenters. The Hall–Kier alpha value is -2.80. The molecule has 2 N–H and O–H groups in total. The van der Waals surface area contributed by atoms with Gasteiger partial charge < -0.3 is 14.8 Å². The molecule has 1 aliphatic rings. The third kappa shape index (κ3) is 3.62. The molecule has 1 atom stereocenters. The number of aliphatic carboxylic acids is 1. The summed E-state index contributed by atoms with van der Waals surface area (Å²) in [5, 5.41) is 11.4. The first-order valence-corrected chi connectivity index (χ1v) is 9.84. The highest BCUT2D eigenvalue weighted by Crippen LogP contribution is 2.33. The number of hydrogen-bond acceptors (Lipinski definition) is 4. The summed E-state index contributed by atoms with van der Waals surface area (Å²) in [5.41, 5.74) is 1.12. The highest BCUT2D eigenvalue weighted by Gasteiger charge is 2.43. The van der Waals surface area contributed by atoms with E-state index in [-0.39, 0.29) is 18.8 Å². The zero-order chi connectivity index (χ0) is 19.7. The van der Waals surface area contributed by atoms with Crippen LogP contribution in [0.2, 0.25) is 0 Å². The molecule has 0 radical (unpaired) electrons. The molecule has 144 valence electrons. The van der Waals surface area contributed by atoms with Crippen LogP contribution < -0.4 is 4.74 Å². The number of thioether (sulfide) groups is 1. The van der Waals surface area contributed by atoms with Gasteiger partial charge in [-0.25, -0.2) is 9.18 Å². The van der Waals surface area contributed by atoms with Crippen LogP contribution in [0.3, 0.4) is 0 Å². The Morgan fingerprint density at radius 3 is 2.93 bits per heavy atom. The van der Waals surface area contributed by atoms with E-state index in [0.717, 1.165) is 16.7 Å². The predicted molar refractivity (Wildman–Crippen MR) is 109 cm³/mol. The zero-order valence-electron chi connectivity index (χ0n) is 15.2. The fourth-order valence-electron chi connectivity index (χ4n) is 3.28. The maximum Gasteiger partial charge on any atom is 0.332 e. The molecule has 0 spiro atoms. The number of H-pyrrole nitrogens is 1. The van der Waals surface area contributed by atoms with E-state index in [0.29, 0.717) is 22.0 Å². The smallest absolute Gasteiger partial charge is 0.332 e. The van der Waals surface area contributed by atoms with Gasteiger partial charge in [0.1, 0.15) is 23.2 Å². The number of carboxylic acid groups (broad SMARTS) is 1. The number of aliphatic imine (C=N–C) groups is 1. The number of fused-ring (bicyclic) bond motifs is 1. The van der Waals surface area contributed by atoms with Crippen LogP contribution in [0.5, 0.6) is 5.75 Å². The highest BCUT2D eigenvalue weighted by molar-refractivity contribution is 8.14. The van der Waals surface area contributed by atoms with Crippen molar-refractivity contribution in [1.82, 2.24) is 4.98 Å². The van der Waals surface area contributed by atoms with E-state index >= 15 is 0 Å². The molecule has 0 aliphatic carbocycles. The summed E-state index contributed by atoms with van der Waals surface area (Å²) in [6.07, 6.45) is 0.208. The Morgan fingerprint density at radius 1 is 1.32 bits per heavy atom. The van der Waals surface area contributed by atoms with Crippen LogP contribution >= 0.6 is 11.8 Å². The number of halogens is 1. The molecule has 0 amide bonds. The SMILES string of the molecule is Cc1ccccc1OCC1=NC(Cc2cc3ccc(F)cc3[nH]2)(C(=O)O)CS1. The number of para-hydroxylation sites is 1. The molecule has 3 aromatic rings. The molecule has 2 heterocycles. The summed E-state index contributed by atoms with van der Waals surface area (Å²) in [4.78, 5) is 19.7. The molecular formula is C21H19FN2O3S. The fourth-order valence-corrected chi connectivity index (χ4v) is 4.36. The van der Waals surface area contributed by atoms with Crippen LogP contribution in [-0.2, 0) is 11.2 Å². The van der Waals surface area contributed by atoms with Gasteiger partial charge in [-0.3, -0.25) is 4.99 Å². The van der Waals surface area contributed by atoms with Gasteiger partial charge >= 0.3 is 5.97 Å². The molecular weight excluding hydrogens is 379 g/mol. The molecule has 0 bridgehead atoms. The average Bonchev–Trinajstić information content (AvgIpc) is 3.25. The van der Waals surface area contributed by atoms with Crippen LogP contribution in [-0.4, -0.2) is 39.0 Å². The monoisotopic (exact) mass is 398 g/mol. The molecule has 0 saturated carbocycles. The Morgan fingerprint density at radius 2 is 2.14 bits per heavy atom. The van der Waals surface area contributed by atoms with Crippen molar-refractivity contribution in [3.8, 4) is 5.75 Å². The molecule has 1 aliphatic heterocycles. The standard InChI is InChI=1S/C21H19FN2O3S/c1-13-4-2-3-5-18(13)27-11-19-24-21(12-28-19,20(25)26)10-16-8-14-6-7-15(22)9-17(14)23-16/h2-9,23H,10-12H2,1H3,(H,25,26).